The van der Waals surface area contributed by atoms with Gasteiger partial charge in [0.2, 0.25) is 0 Å². The van der Waals surface area contributed by atoms with Crippen LogP contribution in [0, 0.1) is 11.3 Å². The predicted octanol–water partition coefficient (Wildman–Crippen LogP) is 1.74. The quantitative estimate of drug-likeness (QED) is 0.902. The van der Waals surface area contributed by atoms with Gasteiger partial charge in [-0.15, -0.1) is 0 Å². The molecule has 2 rings (SSSR count). The smallest absolute Gasteiger partial charge is 0.152 e. The van der Waals surface area contributed by atoms with E-state index in [9.17, 15) is 8.42 Å². The molecule has 0 amide bonds. The average molecular weight is 264 g/mol. The van der Waals surface area contributed by atoms with E-state index >= 15 is 0 Å². The zero-order valence-electron chi connectivity index (χ0n) is 10.1. The first-order valence-electron chi connectivity index (χ1n) is 6.02. The predicted molar refractivity (Wildman–Crippen MR) is 71.1 cm³/mol. The topological polar surface area (TPSA) is 70.0 Å². The van der Waals surface area contributed by atoms with Crippen molar-refractivity contribution in [2.45, 2.75) is 25.3 Å². The van der Waals surface area contributed by atoms with Crippen molar-refractivity contribution in [3.8, 4) is 6.07 Å². The van der Waals surface area contributed by atoms with E-state index in [2.05, 4.69) is 11.4 Å². The van der Waals surface area contributed by atoms with Gasteiger partial charge in [-0.25, -0.2) is 8.42 Å². The summed E-state index contributed by atoms with van der Waals surface area (Å²) in [6.07, 6.45) is 2.02. The third kappa shape index (κ3) is 3.47. The molecular weight excluding hydrogens is 248 g/mol. The molecule has 0 aliphatic carbocycles. The van der Waals surface area contributed by atoms with Gasteiger partial charge in [0.05, 0.1) is 24.0 Å². The fourth-order valence-corrected chi connectivity index (χ4v) is 3.82. The highest BCUT2D eigenvalue weighted by Crippen LogP contribution is 2.18. The summed E-state index contributed by atoms with van der Waals surface area (Å²) in [5.74, 6) is 0.527. The van der Waals surface area contributed by atoms with Gasteiger partial charge >= 0.3 is 0 Å². The summed E-state index contributed by atoms with van der Waals surface area (Å²) in [7, 11) is -2.87. The van der Waals surface area contributed by atoms with Crippen LogP contribution >= 0.6 is 0 Å². The van der Waals surface area contributed by atoms with E-state index in [-0.39, 0.29) is 11.8 Å². The van der Waals surface area contributed by atoms with Gasteiger partial charge in [-0.1, -0.05) is 12.1 Å². The minimum atomic E-state index is -2.87. The number of hydrogen-bond acceptors (Lipinski definition) is 4. The van der Waals surface area contributed by atoms with Crippen molar-refractivity contribution in [2.24, 2.45) is 0 Å². The van der Waals surface area contributed by atoms with Gasteiger partial charge in [0, 0.05) is 11.7 Å². The van der Waals surface area contributed by atoms with Crippen LogP contribution in [0.25, 0.3) is 0 Å². The molecule has 1 saturated heterocycles. The maximum Gasteiger partial charge on any atom is 0.152 e. The Kier molecular flexibility index (Phi) is 3.87. The molecule has 1 aliphatic rings. The van der Waals surface area contributed by atoms with Crippen LogP contribution in [-0.4, -0.2) is 26.0 Å². The van der Waals surface area contributed by atoms with E-state index in [1.807, 2.05) is 24.3 Å². The van der Waals surface area contributed by atoms with E-state index in [0.29, 0.717) is 12.2 Å². The molecule has 0 aromatic heterocycles. The summed E-state index contributed by atoms with van der Waals surface area (Å²) in [5, 5.41) is 11.8. The number of nitrogens with one attached hydrogen (secondary N) is 1. The molecule has 0 bridgehead atoms. The normalized spacial score (nSPS) is 22.1. The lowest BCUT2D eigenvalue weighted by Crippen LogP contribution is -2.34. The van der Waals surface area contributed by atoms with E-state index in [1.165, 1.54) is 0 Å². The number of benzene rings is 1. The minimum absolute atomic E-state index is 0.00515. The molecule has 1 N–H and O–H groups in total. The van der Waals surface area contributed by atoms with Gasteiger partial charge in [-0.3, -0.25) is 0 Å². The Bertz CT molecular complexity index is 543. The first kappa shape index (κ1) is 12.9. The number of hydrogen-bond donors (Lipinski definition) is 1. The van der Waals surface area contributed by atoms with Crippen LogP contribution < -0.4 is 5.32 Å². The molecule has 1 fully saturated rings. The van der Waals surface area contributed by atoms with E-state index in [0.717, 1.165) is 24.1 Å². The third-order valence-corrected chi connectivity index (χ3v) is 4.89. The van der Waals surface area contributed by atoms with Crippen molar-refractivity contribution in [1.82, 2.24) is 0 Å². The summed E-state index contributed by atoms with van der Waals surface area (Å²) >= 11 is 0. The van der Waals surface area contributed by atoms with Gasteiger partial charge in [-0.2, -0.15) is 5.26 Å². The Morgan fingerprint density at radius 3 is 2.67 bits per heavy atom. The molecule has 0 saturated carbocycles. The van der Waals surface area contributed by atoms with Crippen LogP contribution in [0.5, 0.6) is 0 Å². The second-order valence-electron chi connectivity index (χ2n) is 4.63. The zero-order valence-corrected chi connectivity index (χ0v) is 10.9. The van der Waals surface area contributed by atoms with Crippen molar-refractivity contribution in [3.63, 3.8) is 0 Å². The first-order chi connectivity index (χ1) is 8.59. The second kappa shape index (κ2) is 5.40. The highest BCUT2D eigenvalue weighted by atomic mass is 32.2. The Hall–Kier alpha value is -1.54. The number of nitrogens with zero attached hydrogens (tertiary/aromatic N) is 1. The fraction of sp³-hybridized carbons (Fsp3) is 0.462. The lowest BCUT2D eigenvalue weighted by atomic mass is 10.1. The van der Waals surface area contributed by atoms with Crippen molar-refractivity contribution < 1.29 is 8.42 Å². The highest BCUT2D eigenvalue weighted by Gasteiger charge is 2.24. The number of rotatable bonds is 3. The molecule has 1 aromatic rings. The molecule has 1 unspecified atom stereocenters. The molecule has 1 atom stereocenters. The molecule has 5 heteroatoms. The molecule has 1 aromatic carbocycles. The maximum atomic E-state index is 11.5. The second-order valence-corrected chi connectivity index (χ2v) is 6.86. The van der Waals surface area contributed by atoms with Crippen LogP contribution in [0.2, 0.25) is 0 Å². The van der Waals surface area contributed by atoms with Crippen LogP contribution in [0.15, 0.2) is 24.3 Å². The molecule has 1 aliphatic heterocycles. The van der Waals surface area contributed by atoms with Gasteiger partial charge in [-0.05, 0) is 30.5 Å². The Morgan fingerprint density at radius 2 is 2.06 bits per heavy atom. The van der Waals surface area contributed by atoms with E-state index < -0.39 is 9.84 Å². The summed E-state index contributed by atoms with van der Waals surface area (Å²) in [4.78, 5) is 0. The lowest BCUT2D eigenvalue weighted by Gasteiger charge is -2.24. The highest BCUT2D eigenvalue weighted by molar-refractivity contribution is 7.91. The zero-order chi connectivity index (χ0) is 13.0. The lowest BCUT2D eigenvalue weighted by molar-refractivity contribution is 0.562. The van der Waals surface area contributed by atoms with Crippen molar-refractivity contribution in [2.75, 3.05) is 16.8 Å². The van der Waals surface area contributed by atoms with Crippen molar-refractivity contribution in [3.05, 3.63) is 29.8 Å². The summed E-state index contributed by atoms with van der Waals surface area (Å²) in [6, 6.07) is 9.68. The number of nitriles is 1. The summed E-state index contributed by atoms with van der Waals surface area (Å²) < 4.78 is 23.0. The molecule has 18 heavy (non-hydrogen) atoms. The molecule has 0 spiro atoms. The van der Waals surface area contributed by atoms with Crippen LogP contribution in [-0.2, 0) is 16.3 Å². The van der Waals surface area contributed by atoms with Crippen LogP contribution in [0.4, 0.5) is 5.69 Å². The summed E-state index contributed by atoms with van der Waals surface area (Å²) in [5.41, 5.74) is 1.89. The molecule has 0 radical (unpaired) electrons. The molecule has 1 heterocycles. The number of anilines is 1. The van der Waals surface area contributed by atoms with E-state index in [1.54, 1.807) is 0 Å². The van der Waals surface area contributed by atoms with Crippen molar-refractivity contribution in [1.29, 1.82) is 5.26 Å². The first-order valence-corrected chi connectivity index (χ1v) is 7.84. The Balaban J connectivity index is 1.99. The molecule has 96 valence electrons. The maximum absolute atomic E-state index is 11.5. The largest absolute Gasteiger partial charge is 0.381 e. The average Bonchev–Trinajstić information content (AvgIpc) is 2.31. The molecular formula is C13H16N2O2S. The van der Waals surface area contributed by atoms with Gasteiger partial charge < -0.3 is 5.32 Å². The molecule has 4 nitrogen and oxygen atoms in total. The minimum Gasteiger partial charge on any atom is -0.381 e. The number of sulfone groups is 1. The van der Waals surface area contributed by atoms with Crippen molar-refractivity contribution >= 4 is 15.5 Å². The standard InChI is InChI=1S/C13H16N2O2S/c14-8-7-11-3-5-12(6-4-11)15-13-2-1-9-18(16,17)10-13/h3-6,13,15H,1-2,7,9-10H2. The Morgan fingerprint density at radius 1 is 1.33 bits per heavy atom. The summed E-state index contributed by atoms with van der Waals surface area (Å²) in [6.45, 7) is 0. The van der Waals surface area contributed by atoms with Gasteiger partial charge in [0.15, 0.2) is 9.84 Å². The monoisotopic (exact) mass is 264 g/mol. The SMILES string of the molecule is N#CCc1ccc(NC2CCCS(=O)(=O)C2)cc1. The Labute approximate surface area is 108 Å². The van der Waals surface area contributed by atoms with E-state index in [4.69, 9.17) is 5.26 Å². The van der Waals surface area contributed by atoms with Gasteiger partial charge in [0.1, 0.15) is 0 Å². The van der Waals surface area contributed by atoms with Gasteiger partial charge in [0.25, 0.3) is 0 Å². The third-order valence-electron chi connectivity index (χ3n) is 3.07. The van der Waals surface area contributed by atoms with Crippen LogP contribution in [0.1, 0.15) is 18.4 Å². The fourth-order valence-electron chi connectivity index (χ4n) is 2.18. The van der Waals surface area contributed by atoms with Crippen LogP contribution in [0.3, 0.4) is 0 Å².